The van der Waals surface area contributed by atoms with Gasteiger partial charge in [-0.3, -0.25) is 4.99 Å². The van der Waals surface area contributed by atoms with E-state index in [1.165, 1.54) is 12.1 Å². The van der Waals surface area contributed by atoms with Gasteiger partial charge in [-0.1, -0.05) is 17.7 Å². The lowest BCUT2D eigenvalue weighted by atomic mass is 10.4. The van der Waals surface area contributed by atoms with E-state index >= 15 is 0 Å². The minimum atomic E-state index is -3.59. The van der Waals surface area contributed by atoms with Crippen molar-refractivity contribution in [3.05, 3.63) is 53.3 Å². The Morgan fingerprint density at radius 1 is 1.27 bits per heavy atom. The largest absolute Gasteiger partial charge is 0.355 e. The second-order valence-corrected chi connectivity index (χ2v) is 8.00. The number of aryl methyl sites for hydroxylation is 1. The smallest absolute Gasteiger partial charge is 0.240 e. The highest BCUT2D eigenvalue weighted by Gasteiger charge is 2.14. The first-order valence-electron chi connectivity index (χ1n) is 8.10. The fourth-order valence-corrected chi connectivity index (χ4v) is 3.77. The molecule has 9 heteroatoms. The average molecular weight is 398 g/mol. The number of hydrogen-bond acceptors (Lipinski definition) is 3. The first-order valence-corrected chi connectivity index (χ1v) is 9.97. The Balaban J connectivity index is 1.84. The predicted molar refractivity (Wildman–Crippen MR) is 105 cm³/mol. The third-order valence-corrected chi connectivity index (χ3v) is 5.52. The Morgan fingerprint density at radius 3 is 2.65 bits per heavy atom. The van der Waals surface area contributed by atoms with Gasteiger partial charge in [0.15, 0.2) is 5.96 Å². The minimum absolute atomic E-state index is 0.148. The number of guanidine groups is 1. The Hall–Kier alpha value is -2.03. The quantitative estimate of drug-likeness (QED) is 0.423. The van der Waals surface area contributed by atoms with E-state index in [9.17, 15) is 8.42 Å². The van der Waals surface area contributed by atoms with E-state index in [0.29, 0.717) is 24.1 Å². The maximum Gasteiger partial charge on any atom is 0.240 e. The monoisotopic (exact) mass is 397 g/mol. The van der Waals surface area contributed by atoms with Crippen molar-refractivity contribution in [2.24, 2.45) is 12.0 Å². The van der Waals surface area contributed by atoms with E-state index in [1.807, 2.05) is 41.9 Å². The van der Waals surface area contributed by atoms with Crippen molar-refractivity contribution < 1.29 is 8.42 Å². The molecular weight excluding hydrogens is 374 g/mol. The van der Waals surface area contributed by atoms with Crippen molar-refractivity contribution in [2.75, 3.05) is 27.2 Å². The standard InChI is InChI=1S/C17H24ClN5O2S/c1-19-17(23(3)13-15-7-5-11-22(15)2)20-9-10-21-26(24,25)16-8-4-6-14(18)12-16/h4-8,11-12,21H,9-10,13H2,1-3H3,(H,19,20). The number of nitrogens with one attached hydrogen (secondary N) is 2. The molecule has 1 aromatic heterocycles. The molecule has 0 aliphatic rings. The molecule has 0 amide bonds. The Bertz CT molecular complexity index is 864. The van der Waals surface area contributed by atoms with Gasteiger partial charge in [-0.15, -0.1) is 0 Å². The summed E-state index contributed by atoms with van der Waals surface area (Å²) in [5, 5.41) is 3.53. The molecule has 0 spiro atoms. The summed E-state index contributed by atoms with van der Waals surface area (Å²) >= 11 is 5.85. The van der Waals surface area contributed by atoms with Crippen LogP contribution in [0.25, 0.3) is 0 Å². The lowest BCUT2D eigenvalue weighted by molar-refractivity contribution is 0.462. The molecule has 142 valence electrons. The van der Waals surface area contributed by atoms with Crippen LogP contribution in [0.4, 0.5) is 0 Å². The molecule has 0 saturated heterocycles. The number of sulfonamides is 1. The average Bonchev–Trinajstić information content (AvgIpc) is 2.99. The number of halogens is 1. The maximum absolute atomic E-state index is 12.2. The number of rotatable bonds is 7. The van der Waals surface area contributed by atoms with Gasteiger partial charge in [-0.2, -0.15) is 0 Å². The summed E-state index contributed by atoms with van der Waals surface area (Å²) in [6.45, 7) is 1.33. The number of benzene rings is 1. The highest BCUT2D eigenvalue weighted by Crippen LogP contribution is 2.14. The summed E-state index contributed by atoms with van der Waals surface area (Å²) in [5.41, 5.74) is 1.15. The molecule has 2 rings (SSSR count). The molecule has 1 aromatic carbocycles. The lowest BCUT2D eigenvalue weighted by Gasteiger charge is -2.22. The third kappa shape index (κ3) is 5.48. The van der Waals surface area contributed by atoms with E-state index in [0.717, 1.165) is 5.69 Å². The van der Waals surface area contributed by atoms with Crippen LogP contribution in [0.3, 0.4) is 0 Å². The summed E-state index contributed by atoms with van der Waals surface area (Å²) in [4.78, 5) is 6.35. The van der Waals surface area contributed by atoms with Crippen molar-refractivity contribution in [3.8, 4) is 0 Å². The second-order valence-electron chi connectivity index (χ2n) is 5.80. The second kappa shape index (κ2) is 9.07. The summed E-state index contributed by atoms with van der Waals surface area (Å²) in [7, 11) is 2.03. The fraction of sp³-hybridized carbons (Fsp3) is 0.353. The molecule has 2 aromatic rings. The Labute approximate surface area is 159 Å². The molecule has 26 heavy (non-hydrogen) atoms. The molecule has 1 heterocycles. The van der Waals surface area contributed by atoms with Gasteiger partial charge in [0.05, 0.1) is 11.4 Å². The zero-order valence-corrected chi connectivity index (χ0v) is 16.7. The highest BCUT2D eigenvalue weighted by atomic mass is 35.5. The SMILES string of the molecule is CN=C(NCCNS(=O)(=O)c1cccc(Cl)c1)N(C)Cc1cccn1C. The van der Waals surface area contributed by atoms with E-state index in [1.54, 1.807) is 19.2 Å². The van der Waals surface area contributed by atoms with Crippen LogP contribution in [0.5, 0.6) is 0 Å². The third-order valence-electron chi connectivity index (χ3n) is 3.83. The first-order chi connectivity index (χ1) is 12.3. The van der Waals surface area contributed by atoms with Gasteiger partial charge in [-0.05, 0) is 30.3 Å². The van der Waals surface area contributed by atoms with Crippen LogP contribution in [0.2, 0.25) is 5.02 Å². The molecule has 0 unspecified atom stereocenters. The summed E-state index contributed by atoms with van der Waals surface area (Å²) < 4.78 is 29.1. The minimum Gasteiger partial charge on any atom is -0.355 e. The number of aromatic nitrogens is 1. The van der Waals surface area contributed by atoms with Crippen LogP contribution < -0.4 is 10.0 Å². The Morgan fingerprint density at radius 2 is 2.04 bits per heavy atom. The van der Waals surface area contributed by atoms with E-state index in [4.69, 9.17) is 11.6 Å². The van der Waals surface area contributed by atoms with E-state index in [-0.39, 0.29) is 11.4 Å². The first kappa shape index (κ1) is 20.3. The summed E-state index contributed by atoms with van der Waals surface area (Å²) in [5.74, 6) is 0.688. The lowest BCUT2D eigenvalue weighted by Crippen LogP contribution is -2.42. The van der Waals surface area contributed by atoms with Gasteiger partial charge in [-0.25, -0.2) is 13.1 Å². The fourth-order valence-electron chi connectivity index (χ4n) is 2.44. The van der Waals surface area contributed by atoms with Crippen LogP contribution >= 0.6 is 11.6 Å². The molecule has 0 bridgehead atoms. The molecule has 7 nitrogen and oxygen atoms in total. The molecule has 0 aliphatic heterocycles. The molecule has 0 saturated carbocycles. The number of hydrogen-bond donors (Lipinski definition) is 2. The van der Waals surface area contributed by atoms with Gasteiger partial charge in [0.25, 0.3) is 0 Å². The summed E-state index contributed by atoms with van der Waals surface area (Å²) in [6, 6.07) is 10.2. The van der Waals surface area contributed by atoms with Gasteiger partial charge in [0.2, 0.25) is 10.0 Å². The van der Waals surface area contributed by atoms with E-state index < -0.39 is 10.0 Å². The molecule has 0 aliphatic carbocycles. The summed E-state index contributed by atoms with van der Waals surface area (Å²) in [6.07, 6.45) is 1.99. The molecular formula is C17H24ClN5O2S. The van der Waals surface area contributed by atoms with Crippen LogP contribution in [-0.2, 0) is 23.6 Å². The topological polar surface area (TPSA) is 78.7 Å². The molecule has 0 fully saturated rings. The van der Waals surface area contributed by atoms with Gasteiger partial charge in [0, 0.05) is 51.1 Å². The number of aliphatic imine (C=N–C) groups is 1. The van der Waals surface area contributed by atoms with Crippen molar-refractivity contribution >= 4 is 27.6 Å². The number of nitrogens with zero attached hydrogens (tertiary/aromatic N) is 3. The van der Waals surface area contributed by atoms with Crippen molar-refractivity contribution in [1.29, 1.82) is 0 Å². The van der Waals surface area contributed by atoms with Gasteiger partial charge < -0.3 is 14.8 Å². The molecule has 0 atom stereocenters. The van der Waals surface area contributed by atoms with Crippen molar-refractivity contribution in [2.45, 2.75) is 11.4 Å². The van der Waals surface area contributed by atoms with Crippen LogP contribution in [0.1, 0.15) is 5.69 Å². The van der Waals surface area contributed by atoms with Crippen LogP contribution in [0.15, 0.2) is 52.5 Å². The van der Waals surface area contributed by atoms with Gasteiger partial charge in [0.1, 0.15) is 0 Å². The van der Waals surface area contributed by atoms with Crippen LogP contribution in [-0.4, -0.2) is 51.0 Å². The Kier molecular flexibility index (Phi) is 7.07. The molecule has 2 N–H and O–H groups in total. The highest BCUT2D eigenvalue weighted by molar-refractivity contribution is 7.89. The van der Waals surface area contributed by atoms with E-state index in [2.05, 4.69) is 15.0 Å². The van der Waals surface area contributed by atoms with Gasteiger partial charge >= 0.3 is 0 Å². The van der Waals surface area contributed by atoms with Crippen molar-refractivity contribution in [3.63, 3.8) is 0 Å². The zero-order valence-electron chi connectivity index (χ0n) is 15.1. The normalized spacial score (nSPS) is 12.2. The molecule has 0 radical (unpaired) electrons. The maximum atomic E-state index is 12.2. The zero-order chi connectivity index (χ0) is 19.2. The predicted octanol–water partition coefficient (Wildman–Crippen LogP) is 1.66. The van der Waals surface area contributed by atoms with Crippen LogP contribution in [0, 0.1) is 0 Å². The van der Waals surface area contributed by atoms with Crippen molar-refractivity contribution in [1.82, 2.24) is 19.5 Å².